The van der Waals surface area contributed by atoms with Crippen LogP contribution in [0.4, 0.5) is 0 Å². The molecule has 0 radical (unpaired) electrons. The van der Waals surface area contributed by atoms with Crippen LogP contribution in [0, 0.1) is 5.92 Å². The van der Waals surface area contributed by atoms with Gasteiger partial charge in [0.05, 0.1) is 6.20 Å². The number of aryl methyl sites for hydroxylation is 1. The molecule has 0 saturated carbocycles. The minimum atomic E-state index is -0.549. The molecule has 2 heterocycles. The van der Waals surface area contributed by atoms with Crippen molar-refractivity contribution in [2.24, 2.45) is 13.0 Å². The fourth-order valence-electron chi connectivity index (χ4n) is 4.40. The number of aliphatic hydroxyl groups excluding tert-OH is 2. The number of β-amino-alcohol motifs (C(OH)–C–C–N with tert-alkyl or cyclic N) is 1. The molecule has 1 aliphatic rings. The van der Waals surface area contributed by atoms with Crippen molar-refractivity contribution >= 4 is 10.8 Å². The molecule has 2 N–H and O–H groups in total. The lowest BCUT2D eigenvalue weighted by atomic mass is 9.94. The van der Waals surface area contributed by atoms with Gasteiger partial charge in [-0.1, -0.05) is 30.3 Å². The minimum absolute atomic E-state index is 0.252. The van der Waals surface area contributed by atoms with E-state index in [1.807, 2.05) is 37.6 Å². The van der Waals surface area contributed by atoms with E-state index in [2.05, 4.69) is 28.2 Å². The fourth-order valence-corrected chi connectivity index (χ4v) is 4.40. The van der Waals surface area contributed by atoms with Gasteiger partial charge in [0, 0.05) is 37.5 Å². The Hall–Kier alpha value is -2.41. The first-order chi connectivity index (χ1) is 14.6. The lowest BCUT2D eigenvalue weighted by molar-refractivity contribution is 0.0530. The topological polar surface area (TPSA) is 70.8 Å². The van der Waals surface area contributed by atoms with E-state index < -0.39 is 6.10 Å². The monoisotopic (exact) mass is 409 g/mol. The van der Waals surface area contributed by atoms with Crippen molar-refractivity contribution in [3.63, 3.8) is 0 Å². The third-order valence-corrected chi connectivity index (χ3v) is 6.03. The predicted molar refractivity (Wildman–Crippen MR) is 119 cm³/mol. The van der Waals surface area contributed by atoms with Crippen LogP contribution in [-0.4, -0.2) is 63.8 Å². The largest absolute Gasteiger partial charge is 0.490 e. The molecule has 1 saturated heterocycles. The highest BCUT2D eigenvalue weighted by atomic mass is 16.5. The quantitative estimate of drug-likeness (QED) is 0.598. The Morgan fingerprint density at radius 2 is 1.97 bits per heavy atom. The Morgan fingerprint density at radius 3 is 2.70 bits per heavy atom. The van der Waals surface area contributed by atoms with Crippen molar-refractivity contribution in [1.29, 1.82) is 0 Å². The van der Waals surface area contributed by atoms with Crippen molar-refractivity contribution in [2.45, 2.75) is 25.4 Å². The molecule has 1 atom stereocenters. The van der Waals surface area contributed by atoms with Gasteiger partial charge in [0.1, 0.15) is 18.5 Å². The molecule has 0 aliphatic carbocycles. The van der Waals surface area contributed by atoms with E-state index in [9.17, 15) is 5.11 Å². The lowest BCUT2D eigenvalue weighted by Crippen LogP contribution is -2.40. The Labute approximate surface area is 177 Å². The summed E-state index contributed by atoms with van der Waals surface area (Å²) in [6, 6.07) is 12.3. The predicted octanol–water partition coefficient (Wildman–Crippen LogP) is 3.07. The highest BCUT2D eigenvalue weighted by Gasteiger charge is 2.21. The number of hydrogen-bond donors (Lipinski definition) is 2. The maximum absolute atomic E-state index is 10.6. The molecule has 3 aromatic rings. The van der Waals surface area contributed by atoms with Crippen molar-refractivity contribution < 1.29 is 14.9 Å². The standard InChI is InChI=1S/C24H31N3O3/c1-26-15-20(14-25-26)24-22-5-3-2-4-19(22)6-7-23(24)30-17-21(29)16-27-11-8-18(9-12-27)10-13-28/h2-7,14-15,18,21,28-29H,8-13,16-17H2,1H3. The third kappa shape index (κ3) is 4.83. The van der Waals surface area contributed by atoms with Crippen LogP contribution in [0.25, 0.3) is 21.9 Å². The van der Waals surface area contributed by atoms with Gasteiger partial charge in [0.15, 0.2) is 0 Å². The van der Waals surface area contributed by atoms with Crippen LogP contribution < -0.4 is 4.74 Å². The highest BCUT2D eigenvalue weighted by molar-refractivity contribution is 5.99. The zero-order valence-electron chi connectivity index (χ0n) is 17.6. The number of benzene rings is 2. The molecule has 0 amide bonds. The average Bonchev–Trinajstić information content (AvgIpc) is 3.19. The van der Waals surface area contributed by atoms with Crippen molar-refractivity contribution in [3.05, 3.63) is 48.8 Å². The summed E-state index contributed by atoms with van der Waals surface area (Å²) in [5.41, 5.74) is 2.02. The van der Waals surface area contributed by atoms with E-state index in [-0.39, 0.29) is 13.2 Å². The van der Waals surface area contributed by atoms with Gasteiger partial charge in [-0.3, -0.25) is 4.68 Å². The summed E-state index contributed by atoms with van der Waals surface area (Å²) in [5, 5.41) is 26.3. The molecule has 1 aromatic heterocycles. The molecule has 0 spiro atoms. The summed E-state index contributed by atoms with van der Waals surface area (Å²) in [7, 11) is 1.91. The second kappa shape index (κ2) is 9.60. The van der Waals surface area contributed by atoms with E-state index in [1.165, 1.54) is 0 Å². The molecule has 6 heteroatoms. The number of aliphatic hydroxyl groups is 2. The fraction of sp³-hybridized carbons (Fsp3) is 0.458. The van der Waals surface area contributed by atoms with Crippen molar-refractivity contribution in [1.82, 2.24) is 14.7 Å². The molecule has 0 bridgehead atoms. The van der Waals surface area contributed by atoms with Gasteiger partial charge in [-0.15, -0.1) is 0 Å². The van der Waals surface area contributed by atoms with Crippen LogP contribution in [0.5, 0.6) is 5.75 Å². The number of nitrogens with zero attached hydrogens (tertiary/aromatic N) is 3. The van der Waals surface area contributed by atoms with Gasteiger partial charge in [0.2, 0.25) is 0 Å². The molecular weight excluding hydrogens is 378 g/mol. The summed E-state index contributed by atoms with van der Waals surface area (Å²) in [4.78, 5) is 2.30. The first kappa shape index (κ1) is 20.8. The summed E-state index contributed by atoms with van der Waals surface area (Å²) in [6.45, 7) is 3.08. The van der Waals surface area contributed by atoms with Crippen LogP contribution in [0.1, 0.15) is 19.3 Å². The zero-order chi connectivity index (χ0) is 20.9. The van der Waals surface area contributed by atoms with Crippen molar-refractivity contribution in [3.8, 4) is 16.9 Å². The average molecular weight is 410 g/mol. The summed E-state index contributed by atoms with van der Waals surface area (Å²) in [5.74, 6) is 1.38. The number of piperidine rings is 1. The smallest absolute Gasteiger partial charge is 0.128 e. The lowest BCUT2D eigenvalue weighted by Gasteiger charge is -2.32. The SMILES string of the molecule is Cn1cc(-c2c(OCC(O)CN3CCC(CCO)CC3)ccc3ccccc23)cn1. The molecule has 6 nitrogen and oxygen atoms in total. The Morgan fingerprint density at radius 1 is 1.17 bits per heavy atom. The number of likely N-dealkylation sites (tertiary alicyclic amines) is 1. The molecule has 1 fully saturated rings. The highest BCUT2D eigenvalue weighted by Crippen LogP contribution is 2.37. The van der Waals surface area contributed by atoms with Gasteiger partial charge in [-0.25, -0.2) is 0 Å². The summed E-state index contributed by atoms with van der Waals surface area (Å²) < 4.78 is 7.91. The van der Waals surface area contributed by atoms with Gasteiger partial charge in [-0.05, 0) is 55.1 Å². The number of ether oxygens (including phenoxy) is 1. The summed E-state index contributed by atoms with van der Waals surface area (Å²) >= 11 is 0. The Balaban J connectivity index is 1.44. The second-order valence-corrected chi connectivity index (χ2v) is 8.28. The van der Waals surface area contributed by atoms with Crippen LogP contribution in [0.2, 0.25) is 0 Å². The van der Waals surface area contributed by atoms with Crippen LogP contribution in [0.3, 0.4) is 0 Å². The van der Waals surface area contributed by atoms with E-state index >= 15 is 0 Å². The van der Waals surface area contributed by atoms with Crippen molar-refractivity contribution in [2.75, 3.05) is 32.8 Å². The maximum atomic E-state index is 10.6. The van der Waals surface area contributed by atoms with Gasteiger partial charge < -0.3 is 19.8 Å². The maximum Gasteiger partial charge on any atom is 0.128 e. The zero-order valence-corrected chi connectivity index (χ0v) is 17.6. The molecule has 1 unspecified atom stereocenters. The van der Waals surface area contributed by atoms with E-state index in [4.69, 9.17) is 9.84 Å². The second-order valence-electron chi connectivity index (χ2n) is 8.28. The number of aromatic nitrogens is 2. The molecule has 1 aliphatic heterocycles. The molecular formula is C24H31N3O3. The van der Waals surface area contributed by atoms with Crippen LogP contribution in [0.15, 0.2) is 48.8 Å². The number of rotatable bonds is 8. The molecule has 30 heavy (non-hydrogen) atoms. The Kier molecular flexibility index (Phi) is 6.67. The van der Waals surface area contributed by atoms with Crippen LogP contribution in [-0.2, 0) is 7.05 Å². The van der Waals surface area contributed by atoms with Gasteiger partial charge in [-0.2, -0.15) is 5.10 Å². The van der Waals surface area contributed by atoms with Gasteiger partial charge >= 0.3 is 0 Å². The Bertz CT molecular complexity index is 963. The number of hydrogen-bond acceptors (Lipinski definition) is 5. The van der Waals surface area contributed by atoms with Crippen LogP contribution >= 0.6 is 0 Å². The minimum Gasteiger partial charge on any atom is -0.490 e. The third-order valence-electron chi connectivity index (χ3n) is 6.03. The first-order valence-corrected chi connectivity index (χ1v) is 10.8. The van der Waals surface area contributed by atoms with E-state index in [1.54, 1.807) is 4.68 Å². The molecule has 4 rings (SSSR count). The normalized spacial score (nSPS) is 16.8. The molecule has 2 aromatic carbocycles. The summed E-state index contributed by atoms with van der Waals surface area (Å²) in [6.07, 6.45) is 6.35. The van der Waals surface area contributed by atoms with Gasteiger partial charge in [0.25, 0.3) is 0 Å². The first-order valence-electron chi connectivity index (χ1n) is 10.8. The van der Waals surface area contributed by atoms with E-state index in [0.29, 0.717) is 12.5 Å². The number of fused-ring (bicyclic) bond motifs is 1. The van der Waals surface area contributed by atoms with E-state index in [0.717, 1.165) is 60.0 Å². The molecule has 160 valence electrons.